The van der Waals surface area contributed by atoms with Gasteiger partial charge in [0, 0.05) is 16.2 Å². The van der Waals surface area contributed by atoms with E-state index in [0.717, 1.165) is 35.0 Å². The Balaban J connectivity index is 1.40. The zero-order valence-corrected chi connectivity index (χ0v) is 15.3. The van der Waals surface area contributed by atoms with E-state index < -0.39 is 0 Å². The number of carbonyl (C=O) groups is 1. The lowest BCUT2D eigenvalue weighted by atomic mass is 9.93. The number of fused-ring (bicyclic) bond motifs is 1. The summed E-state index contributed by atoms with van der Waals surface area (Å²) in [5.74, 6) is 1.35. The zero-order valence-electron chi connectivity index (χ0n) is 13.7. The highest BCUT2D eigenvalue weighted by Gasteiger charge is 2.20. The molecular weight excluding hydrogens is 343 g/mol. The van der Waals surface area contributed by atoms with Crippen molar-refractivity contribution in [1.29, 1.82) is 0 Å². The SMILES string of the molecule is CC1CCc2nc(NC(=O)CCCSc3ccc(F)cc3)sc2C1. The Morgan fingerprint density at radius 1 is 1.42 bits per heavy atom. The van der Waals surface area contributed by atoms with Gasteiger partial charge in [0.2, 0.25) is 5.91 Å². The molecule has 1 aromatic heterocycles. The number of benzene rings is 1. The van der Waals surface area contributed by atoms with Crippen LogP contribution >= 0.6 is 23.1 Å². The summed E-state index contributed by atoms with van der Waals surface area (Å²) in [6, 6.07) is 6.45. The second-order valence-corrected chi connectivity index (χ2v) is 8.44. The number of nitrogens with zero attached hydrogens (tertiary/aromatic N) is 1. The minimum Gasteiger partial charge on any atom is -0.302 e. The highest BCUT2D eigenvalue weighted by molar-refractivity contribution is 7.99. The van der Waals surface area contributed by atoms with Crippen LogP contribution in [0.1, 0.15) is 36.8 Å². The lowest BCUT2D eigenvalue weighted by Gasteiger charge is -2.15. The van der Waals surface area contributed by atoms with E-state index in [4.69, 9.17) is 0 Å². The predicted molar refractivity (Wildman–Crippen MR) is 98.3 cm³/mol. The molecule has 0 fully saturated rings. The number of halogens is 1. The molecule has 2 aromatic rings. The van der Waals surface area contributed by atoms with Crippen LogP contribution in [0.25, 0.3) is 0 Å². The van der Waals surface area contributed by atoms with Gasteiger partial charge in [-0.3, -0.25) is 4.79 Å². The molecule has 3 rings (SSSR count). The third kappa shape index (κ3) is 4.80. The number of thiazole rings is 1. The van der Waals surface area contributed by atoms with Crippen LogP contribution in [0.5, 0.6) is 0 Å². The number of aryl methyl sites for hydroxylation is 1. The first kappa shape index (κ1) is 17.4. The average Bonchev–Trinajstić information content (AvgIpc) is 2.94. The molecular formula is C18H21FN2OS2. The number of carbonyl (C=O) groups excluding carboxylic acids is 1. The van der Waals surface area contributed by atoms with Gasteiger partial charge in [0.25, 0.3) is 0 Å². The normalized spacial score (nSPS) is 16.7. The average molecular weight is 365 g/mol. The highest BCUT2D eigenvalue weighted by atomic mass is 32.2. The molecule has 3 nitrogen and oxygen atoms in total. The molecule has 128 valence electrons. The molecule has 1 aromatic carbocycles. The summed E-state index contributed by atoms with van der Waals surface area (Å²) in [5.41, 5.74) is 1.17. The van der Waals surface area contributed by atoms with Crippen LogP contribution in [0.2, 0.25) is 0 Å². The van der Waals surface area contributed by atoms with Crippen molar-refractivity contribution in [3.8, 4) is 0 Å². The van der Waals surface area contributed by atoms with Gasteiger partial charge in [0.05, 0.1) is 5.69 Å². The zero-order chi connectivity index (χ0) is 16.9. The van der Waals surface area contributed by atoms with Crippen molar-refractivity contribution in [3.63, 3.8) is 0 Å². The Morgan fingerprint density at radius 2 is 2.21 bits per heavy atom. The third-order valence-corrected chi connectivity index (χ3v) is 6.20. The van der Waals surface area contributed by atoms with Crippen molar-refractivity contribution >= 4 is 34.1 Å². The summed E-state index contributed by atoms with van der Waals surface area (Å²) in [6.45, 7) is 2.26. The summed E-state index contributed by atoms with van der Waals surface area (Å²) in [5, 5.41) is 3.67. The van der Waals surface area contributed by atoms with Crippen molar-refractivity contribution in [1.82, 2.24) is 4.98 Å². The molecule has 0 saturated carbocycles. The molecule has 1 N–H and O–H groups in total. The first-order chi connectivity index (χ1) is 11.6. The number of hydrogen-bond acceptors (Lipinski definition) is 4. The van der Waals surface area contributed by atoms with Gasteiger partial charge in [-0.2, -0.15) is 0 Å². The van der Waals surface area contributed by atoms with E-state index in [0.29, 0.717) is 12.3 Å². The number of rotatable bonds is 6. The second-order valence-electron chi connectivity index (χ2n) is 6.19. The van der Waals surface area contributed by atoms with Gasteiger partial charge in [-0.1, -0.05) is 6.92 Å². The van der Waals surface area contributed by atoms with Crippen LogP contribution in [0, 0.1) is 11.7 Å². The Labute approximate surface area is 150 Å². The summed E-state index contributed by atoms with van der Waals surface area (Å²) < 4.78 is 12.8. The lowest BCUT2D eigenvalue weighted by Crippen LogP contribution is -2.11. The summed E-state index contributed by atoms with van der Waals surface area (Å²) >= 11 is 3.26. The van der Waals surface area contributed by atoms with Gasteiger partial charge < -0.3 is 5.32 Å². The first-order valence-electron chi connectivity index (χ1n) is 8.27. The van der Waals surface area contributed by atoms with Crippen LogP contribution in [0.15, 0.2) is 29.2 Å². The number of nitrogens with one attached hydrogen (secondary N) is 1. The third-order valence-electron chi connectivity index (χ3n) is 4.06. The molecule has 0 bridgehead atoms. The molecule has 6 heteroatoms. The minimum absolute atomic E-state index is 0.0221. The van der Waals surface area contributed by atoms with Gasteiger partial charge in [0.1, 0.15) is 5.82 Å². The molecule has 1 heterocycles. The van der Waals surface area contributed by atoms with Crippen LogP contribution < -0.4 is 5.32 Å². The van der Waals surface area contributed by atoms with Crippen molar-refractivity contribution in [2.45, 2.75) is 43.9 Å². The van der Waals surface area contributed by atoms with E-state index >= 15 is 0 Å². The molecule has 1 amide bonds. The lowest BCUT2D eigenvalue weighted by molar-refractivity contribution is -0.116. The van der Waals surface area contributed by atoms with Crippen LogP contribution in [0.4, 0.5) is 9.52 Å². The monoisotopic (exact) mass is 364 g/mol. The van der Waals surface area contributed by atoms with E-state index in [1.807, 2.05) is 0 Å². The fourth-order valence-electron chi connectivity index (χ4n) is 2.73. The Kier molecular flexibility index (Phi) is 5.89. The van der Waals surface area contributed by atoms with Crippen LogP contribution in [0.3, 0.4) is 0 Å². The van der Waals surface area contributed by atoms with Gasteiger partial charge in [-0.05, 0) is 61.6 Å². The Morgan fingerprint density at radius 3 is 3.00 bits per heavy atom. The fraction of sp³-hybridized carbons (Fsp3) is 0.444. The highest BCUT2D eigenvalue weighted by Crippen LogP contribution is 2.32. The molecule has 0 radical (unpaired) electrons. The molecule has 0 aliphatic heterocycles. The smallest absolute Gasteiger partial charge is 0.226 e. The Hall–Kier alpha value is -1.40. The summed E-state index contributed by atoms with van der Waals surface area (Å²) in [6.07, 6.45) is 4.56. The molecule has 1 atom stereocenters. The maximum Gasteiger partial charge on any atom is 0.226 e. The quantitative estimate of drug-likeness (QED) is 0.584. The second kappa shape index (κ2) is 8.12. The van der Waals surface area contributed by atoms with Crippen molar-refractivity contribution in [3.05, 3.63) is 40.7 Å². The molecule has 0 saturated heterocycles. The maximum absolute atomic E-state index is 12.8. The van der Waals surface area contributed by atoms with E-state index in [1.165, 1.54) is 29.1 Å². The van der Waals surface area contributed by atoms with E-state index in [2.05, 4.69) is 17.2 Å². The molecule has 1 aliphatic rings. The molecule has 1 unspecified atom stereocenters. The molecule has 1 aliphatic carbocycles. The maximum atomic E-state index is 12.8. The number of amides is 1. The summed E-state index contributed by atoms with van der Waals surface area (Å²) in [7, 11) is 0. The standard InChI is InChI=1S/C18H21FN2OS2/c1-12-4-9-15-16(11-12)24-18(20-15)21-17(22)3-2-10-23-14-7-5-13(19)6-8-14/h5-8,12H,2-4,9-11H2,1H3,(H,20,21,22). The topological polar surface area (TPSA) is 42.0 Å². The van der Waals surface area contributed by atoms with Gasteiger partial charge >= 0.3 is 0 Å². The number of hydrogen-bond donors (Lipinski definition) is 1. The largest absolute Gasteiger partial charge is 0.302 e. The van der Waals surface area contributed by atoms with Crippen LogP contribution in [-0.4, -0.2) is 16.6 Å². The van der Waals surface area contributed by atoms with Crippen LogP contribution in [-0.2, 0) is 17.6 Å². The first-order valence-corrected chi connectivity index (χ1v) is 10.1. The van der Waals surface area contributed by atoms with E-state index in [9.17, 15) is 9.18 Å². The van der Waals surface area contributed by atoms with E-state index in [1.54, 1.807) is 35.2 Å². The Bertz CT molecular complexity index is 700. The van der Waals surface area contributed by atoms with Crippen molar-refractivity contribution in [2.75, 3.05) is 11.1 Å². The molecule has 0 spiro atoms. The van der Waals surface area contributed by atoms with Gasteiger partial charge in [0.15, 0.2) is 5.13 Å². The number of aromatic nitrogens is 1. The minimum atomic E-state index is -0.223. The van der Waals surface area contributed by atoms with E-state index in [-0.39, 0.29) is 11.7 Å². The van der Waals surface area contributed by atoms with Crippen molar-refractivity contribution < 1.29 is 9.18 Å². The van der Waals surface area contributed by atoms with Gasteiger partial charge in [-0.15, -0.1) is 23.1 Å². The number of thioether (sulfide) groups is 1. The predicted octanol–water partition coefficient (Wildman–Crippen LogP) is 4.92. The summed E-state index contributed by atoms with van der Waals surface area (Å²) in [4.78, 5) is 19.0. The molecule has 24 heavy (non-hydrogen) atoms. The van der Waals surface area contributed by atoms with Gasteiger partial charge in [-0.25, -0.2) is 9.37 Å². The fourth-order valence-corrected chi connectivity index (χ4v) is 4.77. The van der Waals surface area contributed by atoms with Crippen molar-refractivity contribution in [2.24, 2.45) is 5.92 Å². The number of anilines is 1.